The predicted octanol–water partition coefficient (Wildman–Crippen LogP) is 4.61. The van der Waals surface area contributed by atoms with Crippen LogP contribution >= 0.6 is 0 Å². The molecule has 3 fully saturated rings. The highest BCUT2D eigenvalue weighted by Crippen LogP contribution is 2.71. The number of nitrogens with one attached hydrogen (secondary N) is 1. The lowest BCUT2D eigenvalue weighted by Gasteiger charge is -2.53. The average molecular weight is 499 g/mol. The summed E-state index contributed by atoms with van der Waals surface area (Å²) in [7, 11) is 4.38. The molecule has 2 aliphatic heterocycles. The van der Waals surface area contributed by atoms with Gasteiger partial charge in [0.1, 0.15) is 23.4 Å². The normalized spacial score (nSPS) is 31.0. The van der Waals surface area contributed by atoms with E-state index in [0.717, 1.165) is 5.56 Å². The molecule has 188 valence electrons. The Balaban J connectivity index is 1.73. The number of benzene rings is 2. The van der Waals surface area contributed by atoms with Crippen molar-refractivity contribution >= 4 is 5.90 Å². The molecule has 1 aliphatic carbocycles. The molecular formula is C28H26N4O5. The van der Waals surface area contributed by atoms with Gasteiger partial charge in [0.25, 0.3) is 0 Å². The summed E-state index contributed by atoms with van der Waals surface area (Å²) in [6.07, 6.45) is 0.192. The van der Waals surface area contributed by atoms with Crippen molar-refractivity contribution in [3.05, 3.63) is 53.6 Å². The van der Waals surface area contributed by atoms with Crippen LogP contribution in [0.25, 0.3) is 0 Å². The van der Waals surface area contributed by atoms with Gasteiger partial charge in [-0.3, -0.25) is 5.41 Å². The minimum absolute atomic E-state index is 0.0573. The second kappa shape index (κ2) is 8.69. The maximum Gasteiger partial charge on any atom is 0.217 e. The van der Waals surface area contributed by atoms with Gasteiger partial charge >= 0.3 is 0 Å². The number of nitrogens with zero attached hydrogens (tertiary/aromatic N) is 3. The third kappa shape index (κ3) is 3.06. The summed E-state index contributed by atoms with van der Waals surface area (Å²) in [6.45, 7) is 0. The van der Waals surface area contributed by atoms with Gasteiger partial charge in [-0.1, -0.05) is 30.3 Å². The zero-order valence-corrected chi connectivity index (χ0v) is 20.8. The minimum atomic E-state index is -2.13. The zero-order chi connectivity index (χ0) is 26.4. The fraction of sp³-hybridized carbons (Fsp3) is 0.429. The van der Waals surface area contributed by atoms with Gasteiger partial charge in [-0.25, -0.2) is 0 Å². The fourth-order valence-corrected chi connectivity index (χ4v) is 6.42. The Morgan fingerprint density at radius 3 is 2.14 bits per heavy atom. The van der Waals surface area contributed by atoms with E-state index in [0.29, 0.717) is 25.0 Å². The summed E-state index contributed by atoms with van der Waals surface area (Å²) in [6, 6.07) is 19.6. The Hall–Kier alpha value is -4.26. The van der Waals surface area contributed by atoms with Crippen LogP contribution in [0.1, 0.15) is 42.4 Å². The van der Waals surface area contributed by atoms with Crippen LogP contribution in [-0.2, 0) is 9.47 Å². The lowest BCUT2D eigenvalue weighted by Crippen LogP contribution is -2.61. The first kappa shape index (κ1) is 24.4. The summed E-state index contributed by atoms with van der Waals surface area (Å²) < 4.78 is 29.3. The van der Waals surface area contributed by atoms with Crippen molar-refractivity contribution in [2.24, 2.45) is 16.7 Å². The molecule has 2 heterocycles. The Labute approximate surface area is 215 Å². The minimum Gasteiger partial charge on any atom is -0.496 e. The van der Waals surface area contributed by atoms with Crippen LogP contribution in [0.15, 0.2) is 42.5 Å². The van der Waals surface area contributed by atoms with E-state index in [1.54, 1.807) is 12.1 Å². The van der Waals surface area contributed by atoms with Crippen molar-refractivity contribution in [1.29, 1.82) is 21.2 Å². The lowest BCUT2D eigenvalue weighted by atomic mass is 9.50. The number of hydrogen-bond donors (Lipinski definition) is 1. The highest BCUT2D eigenvalue weighted by Gasteiger charge is 2.81. The largest absolute Gasteiger partial charge is 0.496 e. The molecule has 1 N–H and O–H groups in total. The van der Waals surface area contributed by atoms with Crippen LogP contribution in [0.4, 0.5) is 0 Å². The van der Waals surface area contributed by atoms with Crippen LogP contribution < -0.4 is 14.2 Å². The van der Waals surface area contributed by atoms with E-state index in [9.17, 15) is 15.8 Å². The molecule has 0 amide bonds. The molecule has 1 saturated carbocycles. The smallest absolute Gasteiger partial charge is 0.217 e. The van der Waals surface area contributed by atoms with Crippen molar-refractivity contribution in [3.63, 3.8) is 0 Å². The first-order valence-electron chi connectivity index (χ1n) is 11.9. The molecule has 0 radical (unpaired) electrons. The van der Waals surface area contributed by atoms with E-state index in [1.165, 1.54) is 21.3 Å². The number of ether oxygens (including phenoxy) is 5. The number of nitriles is 3. The van der Waals surface area contributed by atoms with E-state index >= 15 is 0 Å². The molecule has 0 aromatic heterocycles. The Kier molecular flexibility index (Phi) is 5.74. The van der Waals surface area contributed by atoms with Crippen LogP contribution in [0.3, 0.4) is 0 Å². The van der Waals surface area contributed by atoms with Gasteiger partial charge in [0, 0.05) is 18.6 Å². The molecule has 9 heteroatoms. The third-order valence-electron chi connectivity index (χ3n) is 8.20. The lowest BCUT2D eigenvalue weighted by molar-refractivity contribution is -0.296. The van der Waals surface area contributed by atoms with Crippen molar-refractivity contribution in [1.82, 2.24) is 0 Å². The molecule has 0 spiro atoms. The number of rotatable bonds is 5. The first-order chi connectivity index (χ1) is 17.9. The molecule has 3 aliphatic rings. The highest BCUT2D eigenvalue weighted by molar-refractivity contribution is 5.89. The molecule has 5 unspecified atom stereocenters. The van der Waals surface area contributed by atoms with Gasteiger partial charge in [-0.15, -0.1) is 0 Å². The molecule has 2 aromatic carbocycles. The van der Waals surface area contributed by atoms with Crippen molar-refractivity contribution < 1.29 is 23.7 Å². The van der Waals surface area contributed by atoms with Crippen molar-refractivity contribution in [2.75, 3.05) is 21.3 Å². The summed E-state index contributed by atoms with van der Waals surface area (Å²) >= 11 is 0. The SMILES string of the molecule is COc1cc(OC)c(C2OC34CCC(c5ccccc5)CC3C(C#N)(C(=N)O4)C2(C#N)C#N)c(OC)c1. The van der Waals surface area contributed by atoms with Gasteiger partial charge in [0.05, 0.1) is 51.0 Å². The molecule has 2 bridgehead atoms. The summed E-state index contributed by atoms with van der Waals surface area (Å²) in [4.78, 5) is 0. The van der Waals surface area contributed by atoms with Crippen LogP contribution in [0.2, 0.25) is 0 Å². The molecule has 5 rings (SSSR count). The monoisotopic (exact) mass is 498 g/mol. The number of methoxy groups -OCH3 is 3. The van der Waals surface area contributed by atoms with Gasteiger partial charge < -0.3 is 23.7 Å². The van der Waals surface area contributed by atoms with E-state index in [1.807, 2.05) is 30.3 Å². The molecule has 37 heavy (non-hydrogen) atoms. The fourth-order valence-electron chi connectivity index (χ4n) is 6.42. The summed E-state index contributed by atoms with van der Waals surface area (Å²) in [5.74, 6) is -1.44. The zero-order valence-electron chi connectivity index (χ0n) is 20.8. The number of hydrogen-bond acceptors (Lipinski definition) is 9. The van der Waals surface area contributed by atoms with Gasteiger partial charge in [0.15, 0.2) is 5.41 Å². The summed E-state index contributed by atoms with van der Waals surface area (Å²) in [5, 5.41) is 40.9. The average Bonchev–Trinajstić information content (AvgIpc) is 3.15. The second-order valence-corrected chi connectivity index (χ2v) is 9.57. The van der Waals surface area contributed by atoms with Crippen molar-refractivity contribution in [3.8, 4) is 35.5 Å². The quantitative estimate of drug-likeness (QED) is 0.630. The predicted molar refractivity (Wildman–Crippen MR) is 130 cm³/mol. The van der Waals surface area contributed by atoms with Crippen LogP contribution in [0, 0.1) is 56.2 Å². The molecule has 2 aromatic rings. The molecular weight excluding hydrogens is 472 g/mol. The highest BCUT2D eigenvalue weighted by atomic mass is 16.7. The van der Waals surface area contributed by atoms with E-state index in [4.69, 9.17) is 29.1 Å². The van der Waals surface area contributed by atoms with Gasteiger partial charge in [-0.05, 0) is 24.3 Å². The first-order valence-corrected chi connectivity index (χ1v) is 11.9. The van der Waals surface area contributed by atoms with Crippen LogP contribution in [0.5, 0.6) is 17.2 Å². The van der Waals surface area contributed by atoms with E-state index in [-0.39, 0.29) is 23.0 Å². The van der Waals surface area contributed by atoms with Crippen molar-refractivity contribution in [2.45, 2.75) is 37.1 Å². The van der Waals surface area contributed by atoms with Gasteiger partial charge in [-0.2, -0.15) is 15.8 Å². The second-order valence-electron chi connectivity index (χ2n) is 9.57. The summed E-state index contributed by atoms with van der Waals surface area (Å²) in [5.41, 5.74) is -2.62. The standard InChI is InChI=1S/C28H26N4O5/c1-33-19-12-20(34-2)23(21(13-19)35-3)24-26(14-29,15-30)27(16-31)22-11-18(17-7-5-4-6-8-17)9-10-28(22,36-24)37-25(27)32/h4-8,12-13,18,22,24,32H,9-11H2,1-3H3. The maximum atomic E-state index is 10.7. The third-order valence-corrected chi connectivity index (χ3v) is 8.20. The Bertz CT molecular complexity index is 1330. The van der Waals surface area contributed by atoms with E-state index < -0.39 is 34.5 Å². The maximum absolute atomic E-state index is 10.7. The van der Waals surface area contributed by atoms with Crippen LogP contribution in [-0.4, -0.2) is 33.0 Å². The van der Waals surface area contributed by atoms with E-state index in [2.05, 4.69) is 18.2 Å². The topological polar surface area (TPSA) is 141 Å². The molecule has 9 nitrogen and oxygen atoms in total. The van der Waals surface area contributed by atoms with Gasteiger partial charge in [0.2, 0.25) is 17.1 Å². The Morgan fingerprint density at radius 1 is 0.946 bits per heavy atom. The molecule has 5 atom stereocenters. The molecule has 2 saturated heterocycles. The Morgan fingerprint density at radius 2 is 1.59 bits per heavy atom.